The third-order valence-electron chi connectivity index (χ3n) is 7.47. The predicted molar refractivity (Wildman–Crippen MR) is 145 cm³/mol. The zero-order valence-electron chi connectivity index (χ0n) is 21.6. The van der Waals surface area contributed by atoms with Crippen LogP contribution in [0, 0.1) is 13.8 Å². The summed E-state index contributed by atoms with van der Waals surface area (Å²) >= 11 is 3.04. The maximum Gasteiger partial charge on any atom is 0.273 e. The average molecular weight is 554 g/mol. The zero-order chi connectivity index (χ0) is 26.2. The Labute approximate surface area is 230 Å². The molecule has 3 aliphatic rings. The molecule has 0 bridgehead atoms. The van der Waals surface area contributed by atoms with Crippen LogP contribution in [0.25, 0.3) is 0 Å². The Morgan fingerprint density at radius 1 is 0.947 bits per heavy atom. The second kappa shape index (κ2) is 10.6. The van der Waals surface area contributed by atoms with Crippen molar-refractivity contribution in [3.05, 3.63) is 55.4 Å². The maximum atomic E-state index is 13.2. The van der Waals surface area contributed by atoms with Gasteiger partial charge < -0.3 is 19.3 Å². The quantitative estimate of drug-likeness (QED) is 0.473. The lowest BCUT2D eigenvalue weighted by Crippen LogP contribution is -2.48. The van der Waals surface area contributed by atoms with Crippen molar-refractivity contribution in [1.29, 1.82) is 0 Å². The number of aromatic nitrogens is 2. The van der Waals surface area contributed by atoms with Crippen LogP contribution in [-0.2, 0) is 6.54 Å². The van der Waals surface area contributed by atoms with Crippen LogP contribution in [0.4, 0.5) is 0 Å². The summed E-state index contributed by atoms with van der Waals surface area (Å²) in [6.45, 7) is 9.36. The molecule has 200 valence electrons. The first-order chi connectivity index (χ1) is 18.4. The number of piperazine rings is 1. The Morgan fingerprint density at radius 3 is 2.42 bits per heavy atom. The summed E-state index contributed by atoms with van der Waals surface area (Å²) in [4.78, 5) is 42.2. The van der Waals surface area contributed by atoms with E-state index in [4.69, 9.17) is 14.5 Å². The van der Waals surface area contributed by atoms with E-state index in [1.165, 1.54) is 16.9 Å². The minimum atomic E-state index is 0.0129. The van der Waals surface area contributed by atoms with Gasteiger partial charge in [-0.2, -0.15) is 0 Å². The van der Waals surface area contributed by atoms with E-state index in [2.05, 4.69) is 16.0 Å². The number of benzene rings is 1. The second-order valence-electron chi connectivity index (χ2n) is 10.0. The van der Waals surface area contributed by atoms with Gasteiger partial charge in [-0.15, -0.1) is 22.7 Å². The summed E-state index contributed by atoms with van der Waals surface area (Å²) in [5.41, 5.74) is 2.54. The Hall–Kier alpha value is -3.02. The van der Waals surface area contributed by atoms with E-state index in [1.54, 1.807) is 11.3 Å². The van der Waals surface area contributed by atoms with Crippen LogP contribution < -0.4 is 9.47 Å². The van der Waals surface area contributed by atoms with Crippen molar-refractivity contribution in [1.82, 2.24) is 24.7 Å². The number of amides is 2. The van der Waals surface area contributed by atoms with E-state index >= 15 is 0 Å². The first-order valence-electron chi connectivity index (χ1n) is 13.0. The lowest BCUT2D eigenvalue weighted by molar-refractivity contribution is 0.0623. The molecular weight excluding hydrogens is 522 g/mol. The highest BCUT2D eigenvalue weighted by atomic mass is 32.1. The van der Waals surface area contributed by atoms with Crippen molar-refractivity contribution in [2.75, 3.05) is 46.1 Å². The topological polar surface area (TPSA) is 88.1 Å². The highest BCUT2D eigenvalue weighted by Gasteiger charge is 2.30. The first-order valence-corrected chi connectivity index (χ1v) is 14.7. The molecule has 3 aliphatic heterocycles. The van der Waals surface area contributed by atoms with Crippen LogP contribution in [0.15, 0.2) is 23.6 Å². The molecule has 0 atom stereocenters. The number of nitrogens with zero attached hydrogens (tertiary/aromatic N) is 5. The number of aryl methyl sites for hydroxylation is 2. The molecule has 5 heterocycles. The molecule has 0 unspecified atom stereocenters. The third kappa shape index (κ3) is 5.14. The Bertz CT molecular complexity index is 1340. The van der Waals surface area contributed by atoms with E-state index in [-0.39, 0.29) is 24.5 Å². The smallest absolute Gasteiger partial charge is 0.273 e. The number of hydrogen-bond donors (Lipinski definition) is 0. The van der Waals surface area contributed by atoms with Crippen molar-refractivity contribution in [2.24, 2.45) is 0 Å². The highest BCUT2D eigenvalue weighted by molar-refractivity contribution is 7.13. The van der Waals surface area contributed by atoms with Crippen LogP contribution in [-0.4, -0.2) is 82.5 Å². The van der Waals surface area contributed by atoms with E-state index in [0.29, 0.717) is 31.9 Å². The van der Waals surface area contributed by atoms with Crippen LogP contribution in [0.1, 0.15) is 60.2 Å². The lowest BCUT2D eigenvalue weighted by Gasteiger charge is -2.34. The SMILES string of the molecule is Cc1nc(C)c(C(=O)N2CCC(c3nc(C(=O)N4CCN(Cc5ccc6c(c5)OCO6)CC4)cs3)CC2)s1. The van der Waals surface area contributed by atoms with E-state index in [9.17, 15) is 9.59 Å². The summed E-state index contributed by atoms with van der Waals surface area (Å²) in [5.74, 6) is 1.98. The summed E-state index contributed by atoms with van der Waals surface area (Å²) < 4.78 is 10.9. The Balaban J connectivity index is 0.997. The van der Waals surface area contributed by atoms with Crippen molar-refractivity contribution < 1.29 is 19.1 Å². The molecule has 0 radical (unpaired) electrons. The summed E-state index contributed by atoms with van der Waals surface area (Å²) in [7, 11) is 0. The molecule has 0 aliphatic carbocycles. The number of fused-ring (bicyclic) bond motifs is 1. The van der Waals surface area contributed by atoms with Crippen molar-refractivity contribution in [3.63, 3.8) is 0 Å². The molecule has 0 saturated carbocycles. The number of carbonyl (C=O) groups is 2. The molecule has 2 saturated heterocycles. The Morgan fingerprint density at radius 2 is 1.68 bits per heavy atom. The molecule has 9 nitrogen and oxygen atoms in total. The van der Waals surface area contributed by atoms with Gasteiger partial charge >= 0.3 is 0 Å². The Kier molecular flexibility index (Phi) is 7.07. The van der Waals surface area contributed by atoms with Gasteiger partial charge in [-0.1, -0.05) is 6.07 Å². The number of likely N-dealkylation sites (tertiary alicyclic amines) is 1. The fourth-order valence-electron chi connectivity index (χ4n) is 5.34. The van der Waals surface area contributed by atoms with Crippen molar-refractivity contribution in [3.8, 4) is 11.5 Å². The lowest BCUT2D eigenvalue weighted by atomic mass is 9.97. The molecule has 1 aromatic carbocycles. The molecule has 3 aromatic rings. The number of piperidine rings is 1. The van der Waals surface area contributed by atoms with Gasteiger partial charge in [0.2, 0.25) is 6.79 Å². The zero-order valence-corrected chi connectivity index (χ0v) is 23.3. The fourth-order valence-corrected chi connectivity index (χ4v) is 7.20. The monoisotopic (exact) mass is 553 g/mol. The van der Waals surface area contributed by atoms with E-state index < -0.39 is 0 Å². The summed E-state index contributed by atoms with van der Waals surface area (Å²) in [6, 6.07) is 6.07. The number of thiazole rings is 2. The number of ether oxygens (including phenoxy) is 2. The molecule has 2 amide bonds. The van der Waals surface area contributed by atoms with E-state index in [0.717, 1.165) is 64.6 Å². The van der Waals surface area contributed by atoms with E-state index in [1.807, 2.05) is 41.2 Å². The van der Waals surface area contributed by atoms with Gasteiger partial charge in [0.1, 0.15) is 10.6 Å². The number of hydrogen-bond acceptors (Lipinski definition) is 9. The second-order valence-corrected chi connectivity index (χ2v) is 12.1. The van der Waals surface area contributed by atoms with Gasteiger partial charge in [-0.3, -0.25) is 14.5 Å². The normalized spacial score (nSPS) is 18.3. The first kappa shape index (κ1) is 25.3. The van der Waals surface area contributed by atoms with Gasteiger partial charge in [-0.05, 0) is 44.4 Å². The molecule has 0 spiro atoms. The summed E-state index contributed by atoms with van der Waals surface area (Å²) in [6.07, 6.45) is 1.73. The van der Waals surface area contributed by atoms with Crippen molar-refractivity contribution >= 4 is 34.5 Å². The van der Waals surface area contributed by atoms with Gasteiger partial charge in [0.15, 0.2) is 11.5 Å². The molecular formula is C27H31N5O4S2. The minimum Gasteiger partial charge on any atom is -0.454 e. The number of carbonyl (C=O) groups excluding carboxylic acids is 2. The average Bonchev–Trinajstić information content (AvgIpc) is 3.68. The summed E-state index contributed by atoms with van der Waals surface area (Å²) in [5, 5.41) is 3.83. The predicted octanol–water partition coefficient (Wildman–Crippen LogP) is 3.92. The molecule has 6 rings (SSSR count). The van der Waals surface area contributed by atoms with Gasteiger partial charge in [0.05, 0.1) is 15.7 Å². The number of rotatable bonds is 5. The van der Waals surface area contributed by atoms with Crippen LogP contribution in [0.3, 0.4) is 0 Å². The van der Waals surface area contributed by atoms with Crippen LogP contribution in [0.5, 0.6) is 11.5 Å². The van der Waals surface area contributed by atoms with Crippen molar-refractivity contribution in [2.45, 2.75) is 39.2 Å². The van der Waals surface area contributed by atoms with Crippen LogP contribution in [0.2, 0.25) is 0 Å². The van der Waals surface area contributed by atoms with Crippen LogP contribution >= 0.6 is 22.7 Å². The molecule has 0 N–H and O–H groups in total. The third-order valence-corrected chi connectivity index (χ3v) is 9.54. The van der Waals surface area contributed by atoms with Gasteiger partial charge in [-0.25, -0.2) is 9.97 Å². The van der Waals surface area contributed by atoms with Gasteiger partial charge in [0, 0.05) is 57.1 Å². The minimum absolute atomic E-state index is 0.0129. The molecule has 2 fully saturated rings. The standard InChI is InChI=1S/C27H31N5O4S2/c1-17-24(38-18(2)28-17)27(34)31-7-5-20(6-8-31)25-29-21(15-37-25)26(33)32-11-9-30(10-12-32)14-19-3-4-22-23(13-19)36-16-35-22/h3-4,13,15,20H,5-12,14,16H2,1-2H3. The molecule has 2 aromatic heterocycles. The molecule has 38 heavy (non-hydrogen) atoms. The largest absolute Gasteiger partial charge is 0.454 e. The fraction of sp³-hybridized carbons (Fsp3) is 0.481. The van der Waals surface area contributed by atoms with Gasteiger partial charge in [0.25, 0.3) is 11.8 Å². The molecule has 11 heteroatoms. The highest BCUT2D eigenvalue weighted by Crippen LogP contribution is 2.34. The maximum absolute atomic E-state index is 13.2.